The second-order valence-electron chi connectivity index (χ2n) is 5.15. The minimum atomic E-state index is -0.192. The van der Waals surface area contributed by atoms with E-state index in [0.717, 1.165) is 36.3 Å². The topological polar surface area (TPSA) is 37.8 Å². The van der Waals surface area contributed by atoms with Gasteiger partial charge in [-0.1, -0.05) is 32.0 Å². The van der Waals surface area contributed by atoms with Crippen LogP contribution in [-0.4, -0.2) is 16.7 Å². The average molecular weight is 287 g/mol. The predicted molar refractivity (Wildman–Crippen MR) is 82.7 cm³/mol. The first kappa shape index (κ1) is 15.6. The molecule has 4 heteroatoms. The molecule has 2 rings (SSSR count). The van der Waals surface area contributed by atoms with Gasteiger partial charge in [-0.3, -0.25) is 0 Å². The fourth-order valence-electron chi connectivity index (χ4n) is 2.44. The molecule has 1 aromatic heterocycles. The van der Waals surface area contributed by atoms with Crippen molar-refractivity contribution in [1.82, 2.24) is 15.5 Å². The van der Waals surface area contributed by atoms with E-state index in [1.807, 2.05) is 32.0 Å². The van der Waals surface area contributed by atoms with E-state index in [1.54, 1.807) is 6.07 Å². The van der Waals surface area contributed by atoms with Crippen LogP contribution in [0.3, 0.4) is 0 Å². The molecule has 0 saturated carbocycles. The van der Waals surface area contributed by atoms with Crippen LogP contribution < -0.4 is 5.32 Å². The van der Waals surface area contributed by atoms with E-state index in [2.05, 4.69) is 22.4 Å². The number of hydrogen-bond donors (Lipinski definition) is 1. The molecule has 2 aromatic rings. The van der Waals surface area contributed by atoms with E-state index in [0.29, 0.717) is 5.56 Å². The van der Waals surface area contributed by atoms with Crippen molar-refractivity contribution in [3.05, 3.63) is 58.7 Å². The average Bonchev–Trinajstić information content (AvgIpc) is 2.49. The van der Waals surface area contributed by atoms with Crippen LogP contribution in [0.2, 0.25) is 0 Å². The van der Waals surface area contributed by atoms with Gasteiger partial charge in [0.2, 0.25) is 0 Å². The van der Waals surface area contributed by atoms with Gasteiger partial charge < -0.3 is 5.32 Å². The molecule has 0 amide bonds. The summed E-state index contributed by atoms with van der Waals surface area (Å²) in [7, 11) is 0. The third kappa shape index (κ3) is 3.64. The molecule has 0 aliphatic rings. The Balaban J connectivity index is 2.50. The van der Waals surface area contributed by atoms with Crippen molar-refractivity contribution in [2.45, 2.75) is 39.7 Å². The van der Waals surface area contributed by atoms with Crippen LogP contribution in [0, 0.1) is 12.7 Å². The summed E-state index contributed by atoms with van der Waals surface area (Å²) in [6.07, 6.45) is 1.77. The fraction of sp³-hybridized carbons (Fsp3) is 0.412. The molecule has 0 radical (unpaired) electrons. The number of aromatic nitrogens is 2. The van der Waals surface area contributed by atoms with Crippen molar-refractivity contribution in [3.8, 4) is 0 Å². The van der Waals surface area contributed by atoms with Crippen molar-refractivity contribution >= 4 is 0 Å². The van der Waals surface area contributed by atoms with E-state index in [1.165, 1.54) is 6.07 Å². The molecular formula is C17H22FN3. The van der Waals surface area contributed by atoms with Gasteiger partial charge in [-0.2, -0.15) is 10.2 Å². The predicted octanol–water partition coefficient (Wildman–Crippen LogP) is 3.58. The summed E-state index contributed by atoms with van der Waals surface area (Å²) in [5.41, 5.74) is 3.44. The highest BCUT2D eigenvalue weighted by molar-refractivity contribution is 5.35. The summed E-state index contributed by atoms with van der Waals surface area (Å²) in [4.78, 5) is 0. The molecule has 112 valence electrons. The summed E-state index contributed by atoms with van der Waals surface area (Å²) in [6.45, 7) is 6.88. The van der Waals surface area contributed by atoms with Crippen LogP contribution in [0.25, 0.3) is 0 Å². The second-order valence-corrected chi connectivity index (χ2v) is 5.15. The number of nitrogens with zero attached hydrogens (tertiary/aromatic N) is 2. The molecular weight excluding hydrogens is 265 g/mol. The Kier molecular flexibility index (Phi) is 5.39. The lowest BCUT2D eigenvalue weighted by atomic mass is 9.95. The van der Waals surface area contributed by atoms with E-state index in [4.69, 9.17) is 0 Å². The number of halogens is 1. The molecule has 21 heavy (non-hydrogen) atoms. The zero-order valence-corrected chi connectivity index (χ0v) is 12.9. The minimum Gasteiger partial charge on any atom is -0.306 e. The highest BCUT2D eigenvalue weighted by atomic mass is 19.1. The summed E-state index contributed by atoms with van der Waals surface area (Å²) >= 11 is 0. The minimum absolute atomic E-state index is 0.185. The van der Waals surface area contributed by atoms with Crippen LogP contribution in [0.4, 0.5) is 4.39 Å². The normalized spacial score (nSPS) is 12.4. The first-order valence-corrected chi connectivity index (χ1v) is 7.48. The first-order chi connectivity index (χ1) is 10.2. The van der Waals surface area contributed by atoms with E-state index in [-0.39, 0.29) is 11.9 Å². The lowest BCUT2D eigenvalue weighted by molar-refractivity contribution is 0.541. The zero-order valence-electron chi connectivity index (χ0n) is 12.9. The Morgan fingerprint density at radius 2 is 1.90 bits per heavy atom. The Morgan fingerprint density at radius 1 is 1.14 bits per heavy atom. The molecule has 0 bridgehead atoms. The van der Waals surface area contributed by atoms with Crippen LogP contribution in [-0.2, 0) is 6.42 Å². The monoisotopic (exact) mass is 287 g/mol. The number of nitrogens with one attached hydrogen (secondary N) is 1. The fourth-order valence-corrected chi connectivity index (χ4v) is 2.44. The van der Waals surface area contributed by atoms with Gasteiger partial charge in [-0.15, -0.1) is 0 Å². The van der Waals surface area contributed by atoms with Crippen molar-refractivity contribution in [3.63, 3.8) is 0 Å². The Morgan fingerprint density at radius 3 is 2.57 bits per heavy atom. The van der Waals surface area contributed by atoms with Crippen LogP contribution in [0.1, 0.15) is 48.8 Å². The van der Waals surface area contributed by atoms with Gasteiger partial charge in [0, 0.05) is 5.56 Å². The van der Waals surface area contributed by atoms with E-state index >= 15 is 0 Å². The van der Waals surface area contributed by atoms with Crippen molar-refractivity contribution in [1.29, 1.82) is 0 Å². The van der Waals surface area contributed by atoms with Gasteiger partial charge in [0.1, 0.15) is 5.82 Å². The van der Waals surface area contributed by atoms with Gasteiger partial charge in [-0.25, -0.2) is 4.39 Å². The molecule has 1 unspecified atom stereocenters. The molecule has 1 atom stereocenters. The maximum absolute atomic E-state index is 14.2. The van der Waals surface area contributed by atoms with Gasteiger partial charge in [0.15, 0.2) is 0 Å². The van der Waals surface area contributed by atoms with Crippen LogP contribution in [0.5, 0.6) is 0 Å². The third-order valence-corrected chi connectivity index (χ3v) is 3.49. The van der Waals surface area contributed by atoms with E-state index < -0.39 is 0 Å². The van der Waals surface area contributed by atoms with Crippen molar-refractivity contribution in [2.75, 3.05) is 6.54 Å². The van der Waals surface area contributed by atoms with Gasteiger partial charge in [-0.05, 0) is 44.0 Å². The van der Waals surface area contributed by atoms with Crippen LogP contribution >= 0.6 is 0 Å². The van der Waals surface area contributed by atoms with Gasteiger partial charge >= 0.3 is 0 Å². The smallest absolute Gasteiger partial charge is 0.128 e. The molecule has 1 aromatic carbocycles. The molecule has 1 N–H and O–H groups in total. The lowest BCUT2D eigenvalue weighted by Crippen LogP contribution is -2.26. The lowest BCUT2D eigenvalue weighted by Gasteiger charge is -2.22. The molecule has 0 aliphatic heterocycles. The molecule has 0 aliphatic carbocycles. The van der Waals surface area contributed by atoms with Crippen LogP contribution in [0.15, 0.2) is 30.3 Å². The second kappa shape index (κ2) is 7.27. The zero-order chi connectivity index (χ0) is 15.2. The Labute approximate surface area is 125 Å². The summed E-state index contributed by atoms with van der Waals surface area (Å²) in [5.74, 6) is -0.192. The van der Waals surface area contributed by atoms with Gasteiger partial charge in [0.25, 0.3) is 0 Å². The maximum atomic E-state index is 14.2. The molecule has 1 heterocycles. The van der Waals surface area contributed by atoms with Crippen molar-refractivity contribution < 1.29 is 4.39 Å². The highest BCUT2D eigenvalue weighted by Gasteiger charge is 2.20. The largest absolute Gasteiger partial charge is 0.306 e. The number of hydrogen-bond acceptors (Lipinski definition) is 3. The number of rotatable bonds is 6. The molecule has 3 nitrogen and oxygen atoms in total. The quantitative estimate of drug-likeness (QED) is 0.882. The highest BCUT2D eigenvalue weighted by Crippen LogP contribution is 2.26. The third-order valence-electron chi connectivity index (χ3n) is 3.49. The standard InChI is InChI=1S/C17H22FN3/c1-4-10-19-17(13-8-6-7-9-15(13)18)14-11-12(3)20-21-16(14)5-2/h6-9,11,17,19H,4-5,10H2,1-3H3. The maximum Gasteiger partial charge on any atom is 0.128 e. The first-order valence-electron chi connectivity index (χ1n) is 7.48. The SMILES string of the molecule is CCCNC(c1ccccc1F)c1cc(C)nnc1CC. The Hall–Kier alpha value is -1.81. The molecule has 0 saturated heterocycles. The van der Waals surface area contributed by atoms with Gasteiger partial charge in [0.05, 0.1) is 17.4 Å². The van der Waals surface area contributed by atoms with Crippen molar-refractivity contribution in [2.24, 2.45) is 0 Å². The molecule has 0 fully saturated rings. The molecule has 0 spiro atoms. The number of aryl methyl sites for hydroxylation is 2. The number of benzene rings is 1. The van der Waals surface area contributed by atoms with E-state index in [9.17, 15) is 4.39 Å². The summed E-state index contributed by atoms with van der Waals surface area (Å²) in [5, 5.41) is 11.8. The Bertz CT molecular complexity index is 598. The summed E-state index contributed by atoms with van der Waals surface area (Å²) in [6, 6.07) is 8.74. The summed E-state index contributed by atoms with van der Waals surface area (Å²) < 4.78 is 14.2.